The van der Waals surface area contributed by atoms with Gasteiger partial charge >= 0.3 is 0 Å². The second-order valence-corrected chi connectivity index (χ2v) is 9.04. The fourth-order valence-corrected chi connectivity index (χ4v) is 2.46. The third-order valence-corrected chi connectivity index (χ3v) is 3.96. The average molecular weight is 498 g/mol. The van der Waals surface area contributed by atoms with Gasteiger partial charge in [0.05, 0.1) is 20.7 Å². The van der Waals surface area contributed by atoms with Gasteiger partial charge in [-0.05, 0) is 63.8 Å². The van der Waals surface area contributed by atoms with Crippen LogP contribution in [0.1, 0.15) is 45.6 Å². The topological polar surface area (TPSA) is 40.0 Å². The van der Waals surface area contributed by atoms with Gasteiger partial charge in [0.1, 0.15) is 24.7 Å². The van der Waals surface area contributed by atoms with Crippen LogP contribution in [0.3, 0.4) is 0 Å². The zero-order valence-electron chi connectivity index (χ0n) is 14.9. The molecule has 0 bridgehead atoms. The molecular formula is C18H24Br2ClNO3. The SMILES string of the molecule is CC(C)=NOCCCOc1c(Cl)cc(OCC=C(Br)Br)cc1C(C)C. The first-order chi connectivity index (χ1) is 11.8. The molecule has 0 saturated carbocycles. The van der Waals surface area contributed by atoms with Gasteiger partial charge in [0, 0.05) is 18.1 Å². The molecule has 0 heterocycles. The molecule has 1 aromatic rings. The lowest BCUT2D eigenvalue weighted by Crippen LogP contribution is -2.05. The molecule has 0 unspecified atom stereocenters. The second-order valence-electron chi connectivity index (χ2n) is 5.86. The van der Waals surface area contributed by atoms with Crippen LogP contribution in [0.2, 0.25) is 5.02 Å². The number of halogens is 3. The smallest absolute Gasteiger partial charge is 0.141 e. The van der Waals surface area contributed by atoms with Gasteiger partial charge in [-0.3, -0.25) is 0 Å². The zero-order valence-corrected chi connectivity index (χ0v) is 18.9. The number of ether oxygens (including phenoxy) is 2. The molecule has 0 atom stereocenters. The quantitative estimate of drug-likeness (QED) is 0.206. The highest BCUT2D eigenvalue weighted by molar-refractivity contribution is 9.28. The van der Waals surface area contributed by atoms with Crippen LogP contribution in [0.25, 0.3) is 0 Å². The minimum absolute atomic E-state index is 0.262. The van der Waals surface area contributed by atoms with Crippen LogP contribution in [0.4, 0.5) is 0 Å². The first-order valence-electron chi connectivity index (χ1n) is 8.04. The standard InChI is InChI=1S/C18H24Br2ClNO3/c1-12(2)15-10-14(23-9-6-17(19)20)11-16(21)18(15)24-7-5-8-25-22-13(3)4/h6,10-12H,5,7-9H2,1-4H3. The Morgan fingerprint density at radius 2 is 1.92 bits per heavy atom. The van der Waals surface area contributed by atoms with Crippen molar-refractivity contribution in [2.24, 2.45) is 5.16 Å². The molecule has 0 aliphatic rings. The van der Waals surface area contributed by atoms with Gasteiger partial charge in [-0.1, -0.05) is 30.6 Å². The number of hydrogen-bond acceptors (Lipinski definition) is 4. The molecule has 0 amide bonds. The molecule has 4 nitrogen and oxygen atoms in total. The van der Waals surface area contributed by atoms with E-state index in [2.05, 4.69) is 50.9 Å². The molecule has 0 fully saturated rings. The number of oxime groups is 1. The number of hydrogen-bond donors (Lipinski definition) is 0. The van der Waals surface area contributed by atoms with Crippen molar-refractivity contribution in [2.45, 2.75) is 40.0 Å². The first-order valence-corrected chi connectivity index (χ1v) is 10.0. The molecular weight excluding hydrogens is 473 g/mol. The van der Waals surface area contributed by atoms with Gasteiger partial charge in [-0.15, -0.1) is 0 Å². The second kappa shape index (κ2) is 11.8. The maximum Gasteiger partial charge on any atom is 0.141 e. The fraction of sp³-hybridized carbons (Fsp3) is 0.500. The minimum atomic E-state index is 0.262. The van der Waals surface area contributed by atoms with Crippen LogP contribution in [-0.2, 0) is 4.84 Å². The average Bonchev–Trinajstić information content (AvgIpc) is 2.51. The van der Waals surface area contributed by atoms with Crippen molar-refractivity contribution in [3.8, 4) is 11.5 Å². The predicted octanol–water partition coefficient (Wildman–Crippen LogP) is 6.65. The summed E-state index contributed by atoms with van der Waals surface area (Å²) in [6, 6.07) is 3.75. The summed E-state index contributed by atoms with van der Waals surface area (Å²) in [6.45, 7) is 9.43. The van der Waals surface area contributed by atoms with Crippen molar-refractivity contribution in [1.82, 2.24) is 0 Å². The van der Waals surface area contributed by atoms with E-state index in [4.69, 9.17) is 25.9 Å². The minimum Gasteiger partial charge on any atom is -0.492 e. The third kappa shape index (κ3) is 8.97. The molecule has 7 heteroatoms. The van der Waals surface area contributed by atoms with Crippen LogP contribution in [0.15, 0.2) is 26.8 Å². The number of nitrogens with zero attached hydrogens (tertiary/aromatic N) is 1. The van der Waals surface area contributed by atoms with Gasteiger partial charge in [0.25, 0.3) is 0 Å². The molecule has 0 N–H and O–H groups in total. The lowest BCUT2D eigenvalue weighted by Gasteiger charge is -2.17. The van der Waals surface area contributed by atoms with Crippen LogP contribution in [0.5, 0.6) is 11.5 Å². The van der Waals surface area contributed by atoms with Gasteiger partial charge in [0.2, 0.25) is 0 Å². The van der Waals surface area contributed by atoms with E-state index in [1.165, 1.54) is 0 Å². The summed E-state index contributed by atoms with van der Waals surface area (Å²) in [5.41, 5.74) is 1.91. The van der Waals surface area contributed by atoms with E-state index in [0.717, 1.165) is 26.8 Å². The first kappa shape index (κ1) is 22.3. The van der Waals surface area contributed by atoms with Crippen molar-refractivity contribution in [3.05, 3.63) is 32.2 Å². The normalized spacial score (nSPS) is 10.4. The van der Waals surface area contributed by atoms with Crippen LogP contribution >= 0.6 is 43.5 Å². The summed E-state index contributed by atoms with van der Waals surface area (Å²) < 4.78 is 12.5. The maximum atomic E-state index is 6.41. The van der Waals surface area contributed by atoms with E-state index < -0.39 is 0 Å². The van der Waals surface area contributed by atoms with Crippen LogP contribution < -0.4 is 9.47 Å². The van der Waals surface area contributed by atoms with Crippen LogP contribution in [-0.4, -0.2) is 25.5 Å². The summed E-state index contributed by atoms with van der Waals surface area (Å²) in [5.74, 6) is 1.68. The van der Waals surface area contributed by atoms with Crippen molar-refractivity contribution in [3.63, 3.8) is 0 Å². The molecule has 0 aliphatic heterocycles. The number of rotatable bonds is 10. The molecule has 0 saturated heterocycles. The van der Waals surface area contributed by atoms with Gasteiger partial charge < -0.3 is 14.3 Å². The van der Waals surface area contributed by atoms with Crippen LogP contribution in [0, 0.1) is 0 Å². The summed E-state index contributed by atoms with van der Waals surface area (Å²) >= 11 is 13.0. The Balaban J connectivity index is 2.71. The largest absolute Gasteiger partial charge is 0.492 e. The van der Waals surface area contributed by atoms with Crippen molar-refractivity contribution >= 4 is 49.2 Å². The Morgan fingerprint density at radius 3 is 2.52 bits per heavy atom. The Kier molecular flexibility index (Phi) is 10.5. The molecule has 0 aliphatic carbocycles. The Hall–Kier alpha value is -0.720. The van der Waals surface area contributed by atoms with E-state index in [9.17, 15) is 0 Å². The molecule has 0 radical (unpaired) electrons. The highest BCUT2D eigenvalue weighted by Gasteiger charge is 2.15. The van der Waals surface area contributed by atoms with E-state index >= 15 is 0 Å². The summed E-state index contributed by atoms with van der Waals surface area (Å²) in [4.78, 5) is 5.17. The highest BCUT2D eigenvalue weighted by Crippen LogP contribution is 2.37. The molecule has 1 aromatic carbocycles. The summed E-state index contributed by atoms with van der Waals surface area (Å²) in [6.07, 6.45) is 2.60. The predicted molar refractivity (Wildman–Crippen MR) is 112 cm³/mol. The molecule has 1 rings (SSSR count). The summed E-state index contributed by atoms with van der Waals surface area (Å²) in [5, 5.41) is 4.44. The van der Waals surface area contributed by atoms with Crippen molar-refractivity contribution in [1.29, 1.82) is 0 Å². The van der Waals surface area contributed by atoms with Crippen molar-refractivity contribution < 1.29 is 14.3 Å². The molecule has 0 spiro atoms. The lowest BCUT2D eigenvalue weighted by atomic mass is 10.0. The summed E-state index contributed by atoms with van der Waals surface area (Å²) in [7, 11) is 0. The van der Waals surface area contributed by atoms with Gasteiger partial charge in [-0.2, -0.15) is 0 Å². The Bertz CT molecular complexity index is 611. The Morgan fingerprint density at radius 1 is 1.20 bits per heavy atom. The fourth-order valence-electron chi connectivity index (χ4n) is 1.93. The zero-order chi connectivity index (χ0) is 18.8. The molecule has 0 aromatic heterocycles. The van der Waals surface area contributed by atoms with Crippen molar-refractivity contribution in [2.75, 3.05) is 19.8 Å². The van der Waals surface area contributed by atoms with E-state index in [-0.39, 0.29) is 5.92 Å². The molecule has 25 heavy (non-hydrogen) atoms. The van der Waals surface area contributed by atoms with E-state index in [1.807, 2.05) is 26.0 Å². The maximum absolute atomic E-state index is 6.41. The highest BCUT2D eigenvalue weighted by atomic mass is 79.9. The van der Waals surface area contributed by atoms with Gasteiger partial charge in [0.15, 0.2) is 0 Å². The lowest BCUT2D eigenvalue weighted by molar-refractivity contribution is 0.127. The number of benzene rings is 1. The van der Waals surface area contributed by atoms with E-state index in [0.29, 0.717) is 30.6 Å². The Labute approximate surface area is 171 Å². The van der Waals surface area contributed by atoms with Gasteiger partial charge in [-0.25, -0.2) is 0 Å². The third-order valence-electron chi connectivity index (χ3n) is 3.03. The van der Waals surface area contributed by atoms with E-state index in [1.54, 1.807) is 6.07 Å². The molecule has 140 valence electrons. The monoisotopic (exact) mass is 495 g/mol.